The van der Waals surface area contributed by atoms with Gasteiger partial charge in [-0.05, 0) is 37.5 Å². The Morgan fingerprint density at radius 1 is 0.905 bits per heavy atom. The molecule has 2 aliphatic rings. The Kier molecular flexibility index (Phi) is 7.82. The quantitative estimate of drug-likeness (QED) is 0.918. The second kappa shape index (κ2) is 8.84. The molecular formula is C16H27Cl2N3. The van der Waals surface area contributed by atoms with Crippen molar-refractivity contribution >= 4 is 30.5 Å². The highest BCUT2D eigenvalue weighted by molar-refractivity contribution is 5.85. The summed E-state index contributed by atoms with van der Waals surface area (Å²) in [6, 6.07) is 9.79. The molecule has 120 valence electrons. The molecule has 1 atom stereocenters. The van der Waals surface area contributed by atoms with Gasteiger partial charge in [0.25, 0.3) is 0 Å². The second-order valence-electron chi connectivity index (χ2n) is 5.75. The largest absolute Gasteiger partial charge is 0.372 e. The molecule has 1 aromatic carbocycles. The Labute approximate surface area is 140 Å². The third-order valence-corrected chi connectivity index (χ3v) is 4.55. The van der Waals surface area contributed by atoms with E-state index in [9.17, 15) is 0 Å². The van der Waals surface area contributed by atoms with Crippen LogP contribution in [0.1, 0.15) is 31.4 Å². The van der Waals surface area contributed by atoms with Crippen molar-refractivity contribution in [3.63, 3.8) is 0 Å². The van der Waals surface area contributed by atoms with Crippen LogP contribution in [0.2, 0.25) is 0 Å². The van der Waals surface area contributed by atoms with Crippen molar-refractivity contribution in [1.29, 1.82) is 0 Å². The van der Waals surface area contributed by atoms with Gasteiger partial charge >= 0.3 is 0 Å². The highest BCUT2D eigenvalue weighted by Crippen LogP contribution is 2.25. The fourth-order valence-corrected chi connectivity index (χ4v) is 3.22. The molecule has 0 spiro atoms. The zero-order chi connectivity index (χ0) is 13.1. The number of hydrogen-bond acceptors (Lipinski definition) is 3. The van der Waals surface area contributed by atoms with Crippen molar-refractivity contribution in [2.75, 3.05) is 44.2 Å². The Morgan fingerprint density at radius 3 is 2.05 bits per heavy atom. The predicted octanol–water partition coefficient (Wildman–Crippen LogP) is 3.10. The minimum absolute atomic E-state index is 0. The molecule has 1 N–H and O–H groups in total. The zero-order valence-corrected chi connectivity index (χ0v) is 14.4. The van der Waals surface area contributed by atoms with E-state index in [4.69, 9.17) is 0 Å². The van der Waals surface area contributed by atoms with Gasteiger partial charge in [-0.2, -0.15) is 0 Å². The van der Waals surface area contributed by atoms with E-state index in [1.807, 2.05) is 0 Å². The summed E-state index contributed by atoms with van der Waals surface area (Å²) in [5, 5.41) is 3.42. The molecule has 0 saturated carbocycles. The smallest absolute Gasteiger partial charge is 0.0366 e. The van der Waals surface area contributed by atoms with E-state index in [1.54, 1.807) is 0 Å². The fourth-order valence-electron chi connectivity index (χ4n) is 3.22. The van der Waals surface area contributed by atoms with Gasteiger partial charge < -0.3 is 10.2 Å². The van der Waals surface area contributed by atoms with Crippen molar-refractivity contribution < 1.29 is 0 Å². The average molecular weight is 332 g/mol. The third-order valence-electron chi connectivity index (χ3n) is 4.55. The maximum atomic E-state index is 3.42. The van der Waals surface area contributed by atoms with Crippen molar-refractivity contribution in [3.8, 4) is 0 Å². The van der Waals surface area contributed by atoms with Crippen LogP contribution < -0.4 is 10.2 Å². The number of nitrogens with one attached hydrogen (secondary N) is 1. The molecule has 2 aliphatic heterocycles. The molecule has 2 saturated heterocycles. The van der Waals surface area contributed by atoms with E-state index in [2.05, 4.69) is 46.3 Å². The molecule has 3 rings (SSSR count). The lowest BCUT2D eigenvalue weighted by Crippen LogP contribution is -2.44. The molecule has 0 unspecified atom stereocenters. The first-order valence-electron chi connectivity index (χ1n) is 7.64. The van der Waals surface area contributed by atoms with E-state index in [0.717, 1.165) is 26.2 Å². The van der Waals surface area contributed by atoms with Gasteiger partial charge in [0.15, 0.2) is 0 Å². The molecule has 2 fully saturated rings. The van der Waals surface area contributed by atoms with Crippen LogP contribution in [0.4, 0.5) is 5.69 Å². The lowest BCUT2D eigenvalue weighted by molar-refractivity contribution is 0.185. The Morgan fingerprint density at radius 2 is 1.48 bits per heavy atom. The van der Waals surface area contributed by atoms with Gasteiger partial charge in [0.2, 0.25) is 0 Å². The standard InChI is InChI=1S/C16H25N3.2ClH/c1-14(18-12-8-17-9-13-18)15-4-6-16(7-5-15)19-10-2-3-11-19;;/h4-7,14,17H,2-3,8-13H2,1H3;2*1H/t14-;;/m0../s1. The summed E-state index contributed by atoms with van der Waals surface area (Å²) >= 11 is 0. The van der Waals surface area contributed by atoms with Gasteiger partial charge in [-0.1, -0.05) is 12.1 Å². The SMILES string of the molecule is C[C@@H](c1ccc(N2CCCC2)cc1)N1CCNCC1.Cl.Cl. The zero-order valence-electron chi connectivity index (χ0n) is 12.8. The van der Waals surface area contributed by atoms with Crippen molar-refractivity contribution in [1.82, 2.24) is 10.2 Å². The molecule has 1 aromatic rings. The summed E-state index contributed by atoms with van der Waals surface area (Å²) in [5.41, 5.74) is 2.85. The molecule has 0 aliphatic carbocycles. The predicted molar refractivity (Wildman–Crippen MR) is 95.2 cm³/mol. The van der Waals surface area contributed by atoms with Gasteiger partial charge in [0.05, 0.1) is 0 Å². The molecule has 0 radical (unpaired) electrons. The second-order valence-corrected chi connectivity index (χ2v) is 5.75. The van der Waals surface area contributed by atoms with Gasteiger partial charge in [0, 0.05) is 51.0 Å². The number of piperazine rings is 1. The topological polar surface area (TPSA) is 18.5 Å². The Balaban J connectivity index is 0.00000110. The number of benzene rings is 1. The van der Waals surface area contributed by atoms with Gasteiger partial charge in [0.1, 0.15) is 0 Å². The highest BCUT2D eigenvalue weighted by Gasteiger charge is 2.18. The van der Waals surface area contributed by atoms with Gasteiger partial charge in [-0.3, -0.25) is 4.90 Å². The minimum Gasteiger partial charge on any atom is -0.372 e. The summed E-state index contributed by atoms with van der Waals surface area (Å²) in [4.78, 5) is 5.07. The maximum absolute atomic E-state index is 3.42. The summed E-state index contributed by atoms with van der Waals surface area (Å²) in [6.45, 7) is 9.35. The molecule has 0 amide bonds. The molecule has 3 nitrogen and oxygen atoms in total. The van der Waals surface area contributed by atoms with Crippen LogP contribution in [-0.2, 0) is 0 Å². The molecule has 5 heteroatoms. The first-order chi connectivity index (χ1) is 9.34. The van der Waals surface area contributed by atoms with Gasteiger partial charge in [-0.15, -0.1) is 24.8 Å². The molecule has 2 heterocycles. The highest BCUT2D eigenvalue weighted by atomic mass is 35.5. The van der Waals surface area contributed by atoms with Crippen molar-refractivity contribution in [3.05, 3.63) is 29.8 Å². The number of hydrogen-bond donors (Lipinski definition) is 1. The Bertz CT molecular complexity index is 398. The van der Waals surface area contributed by atoms with Crippen LogP contribution in [0, 0.1) is 0 Å². The number of nitrogens with zero attached hydrogens (tertiary/aromatic N) is 2. The summed E-state index contributed by atoms with van der Waals surface area (Å²) in [6.07, 6.45) is 2.69. The lowest BCUT2D eigenvalue weighted by atomic mass is 10.1. The first kappa shape index (κ1) is 18.6. The normalized spacial score (nSPS) is 20.5. The number of halogens is 2. The fraction of sp³-hybridized carbons (Fsp3) is 0.625. The molecule has 0 bridgehead atoms. The number of anilines is 1. The van der Waals surface area contributed by atoms with Crippen LogP contribution in [0.3, 0.4) is 0 Å². The summed E-state index contributed by atoms with van der Waals surface area (Å²) < 4.78 is 0. The van der Waals surface area contributed by atoms with Crippen LogP contribution in [-0.4, -0.2) is 44.2 Å². The molecule has 21 heavy (non-hydrogen) atoms. The minimum atomic E-state index is 0. The maximum Gasteiger partial charge on any atom is 0.0366 e. The average Bonchev–Trinajstić information content (AvgIpc) is 3.02. The van der Waals surface area contributed by atoms with Crippen molar-refractivity contribution in [2.24, 2.45) is 0 Å². The van der Waals surface area contributed by atoms with Crippen LogP contribution in [0.25, 0.3) is 0 Å². The van der Waals surface area contributed by atoms with Crippen LogP contribution >= 0.6 is 24.8 Å². The van der Waals surface area contributed by atoms with Crippen LogP contribution in [0.15, 0.2) is 24.3 Å². The van der Waals surface area contributed by atoms with E-state index >= 15 is 0 Å². The molecular weight excluding hydrogens is 305 g/mol. The van der Waals surface area contributed by atoms with E-state index in [0.29, 0.717) is 6.04 Å². The van der Waals surface area contributed by atoms with Crippen LogP contribution in [0.5, 0.6) is 0 Å². The first-order valence-corrected chi connectivity index (χ1v) is 7.64. The van der Waals surface area contributed by atoms with E-state index < -0.39 is 0 Å². The van der Waals surface area contributed by atoms with E-state index in [1.165, 1.54) is 37.2 Å². The summed E-state index contributed by atoms with van der Waals surface area (Å²) in [5.74, 6) is 0. The van der Waals surface area contributed by atoms with Crippen molar-refractivity contribution in [2.45, 2.75) is 25.8 Å². The van der Waals surface area contributed by atoms with Gasteiger partial charge in [-0.25, -0.2) is 0 Å². The Hall–Kier alpha value is -0.480. The number of rotatable bonds is 3. The van der Waals surface area contributed by atoms with E-state index in [-0.39, 0.29) is 24.8 Å². The summed E-state index contributed by atoms with van der Waals surface area (Å²) in [7, 11) is 0. The monoisotopic (exact) mass is 331 g/mol. The lowest BCUT2D eigenvalue weighted by Gasteiger charge is -2.33. The third kappa shape index (κ3) is 4.49. The molecule has 0 aromatic heterocycles.